The number of hydrogen-bond acceptors (Lipinski definition) is 4. The maximum atomic E-state index is 13.0. The predicted octanol–water partition coefficient (Wildman–Crippen LogP) is 4.31. The molecule has 3 heterocycles. The van der Waals surface area contributed by atoms with Crippen molar-refractivity contribution in [3.63, 3.8) is 0 Å². The number of pyridine rings is 2. The lowest BCUT2D eigenvalue weighted by Gasteiger charge is -2.14. The van der Waals surface area contributed by atoms with Crippen LogP contribution in [0.1, 0.15) is 11.3 Å². The van der Waals surface area contributed by atoms with E-state index in [9.17, 15) is 22.8 Å². The van der Waals surface area contributed by atoms with Gasteiger partial charge < -0.3 is 24.8 Å². The average Bonchev–Trinajstić information content (AvgIpc) is 3.15. The van der Waals surface area contributed by atoms with E-state index in [0.29, 0.717) is 28.3 Å². The lowest BCUT2D eigenvalue weighted by Crippen LogP contribution is -2.26. The molecule has 0 bridgehead atoms. The number of alkyl halides is 3. The zero-order chi connectivity index (χ0) is 25.5. The monoisotopic (exact) mass is 481 g/mol. The third kappa shape index (κ3) is 4.42. The van der Waals surface area contributed by atoms with Gasteiger partial charge in [0, 0.05) is 67.1 Å². The molecular weight excluding hydrogens is 459 g/mol. The Morgan fingerprint density at radius 1 is 1.03 bits per heavy atom. The maximum Gasteiger partial charge on any atom is 0.481 e. The summed E-state index contributed by atoms with van der Waals surface area (Å²) in [5, 5.41) is 9.40. The summed E-state index contributed by atoms with van der Waals surface area (Å²) >= 11 is 0. The van der Waals surface area contributed by atoms with E-state index in [1.54, 1.807) is 33.4 Å². The number of aromatic nitrogens is 3. The molecule has 1 aromatic carbocycles. The second-order valence-electron chi connectivity index (χ2n) is 8.14. The largest absolute Gasteiger partial charge is 0.481 e. The molecular formula is C25H22F3N5O2. The highest BCUT2D eigenvalue weighted by Crippen LogP contribution is 2.37. The molecule has 0 aliphatic heterocycles. The summed E-state index contributed by atoms with van der Waals surface area (Å²) < 4.78 is 41.0. The van der Waals surface area contributed by atoms with Gasteiger partial charge in [-0.15, -0.1) is 0 Å². The second kappa shape index (κ2) is 8.79. The summed E-state index contributed by atoms with van der Waals surface area (Å²) in [6, 6.07) is 10.9. The Hall–Kier alpha value is -4.34. The van der Waals surface area contributed by atoms with Crippen LogP contribution in [0.15, 0.2) is 64.6 Å². The van der Waals surface area contributed by atoms with Crippen molar-refractivity contribution < 1.29 is 13.2 Å². The lowest BCUT2D eigenvalue weighted by atomic mass is 9.93. The van der Waals surface area contributed by atoms with Gasteiger partial charge in [-0.1, -0.05) is 30.3 Å². The van der Waals surface area contributed by atoms with Crippen LogP contribution < -0.4 is 16.4 Å². The van der Waals surface area contributed by atoms with Gasteiger partial charge in [0.1, 0.15) is 5.52 Å². The Labute approximate surface area is 197 Å². The molecule has 3 N–H and O–H groups in total. The molecule has 35 heavy (non-hydrogen) atoms. The Bertz CT molecular complexity index is 1590. The number of allylic oxidation sites excluding steroid dienone is 1. The van der Waals surface area contributed by atoms with Crippen LogP contribution in [0.4, 0.5) is 13.2 Å². The van der Waals surface area contributed by atoms with Crippen LogP contribution in [0.2, 0.25) is 0 Å². The van der Waals surface area contributed by atoms with Gasteiger partial charge in [-0.05, 0) is 23.6 Å². The van der Waals surface area contributed by atoms with Crippen LogP contribution in [0.3, 0.4) is 0 Å². The summed E-state index contributed by atoms with van der Waals surface area (Å²) in [5.74, 6) is 0. The van der Waals surface area contributed by atoms with E-state index in [4.69, 9.17) is 5.41 Å². The van der Waals surface area contributed by atoms with Crippen molar-refractivity contribution in [3.05, 3.63) is 87.0 Å². The Morgan fingerprint density at radius 2 is 1.69 bits per heavy atom. The standard InChI is InChI=1S/C25H22F3N5O2/c1-14-21-19(17-9-20(34)32(2)12-18(17)15-7-5-4-6-8-15)13-33(3)24(35)23(21)31-22(14)16(10-29)11-30-25(26,27)28/h4-13,29-31H,1-3H3/b16-11+,29-10?. The Balaban J connectivity index is 2.07. The number of hydrogen-bond donors (Lipinski definition) is 3. The van der Waals surface area contributed by atoms with Crippen LogP contribution in [0.25, 0.3) is 38.7 Å². The molecule has 4 rings (SSSR count). The van der Waals surface area contributed by atoms with Crippen molar-refractivity contribution in [3.8, 4) is 22.3 Å². The van der Waals surface area contributed by atoms with Gasteiger partial charge in [-0.25, -0.2) is 0 Å². The molecule has 0 aliphatic carbocycles. The highest BCUT2D eigenvalue weighted by atomic mass is 19.4. The number of rotatable bonds is 5. The molecule has 0 aliphatic rings. The van der Waals surface area contributed by atoms with E-state index in [0.717, 1.165) is 17.3 Å². The van der Waals surface area contributed by atoms with Crippen molar-refractivity contribution in [1.82, 2.24) is 19.4 Å². The fourth-order valence-corrected chi connectivity index (χ4v) is 4.12. The number of benzene rings is 1. The molecule has 0 fully saturated rings. The minimum atomic E-state index is -4.68. The normalized spacial score (nSPS) is 12.2. The quantitative estimate of drug-likeness (QED) is 0.293. The third-order valence-electron chi connectivity index (χ3n) is 5.82. The van der Waals surface area contributed by atoms with Gasteiger partial charge in [0.15, 0.2) is 0 Å². The first kappa shape index (κ1) is 23.8. The summed E-state index contributed by atoms with van der Waals surface area (Å²) in [4.78, 5) is 28.5. The number of aromatic amines is 1. The van der Waals surface area contributed by atoms with E-state index in [-0.39, 0.29) is 22.3 Å². The molecule has 0 amide bonds. The summed E-state index contributed by atoms with van der Waals surface area (Å²) in [6.45, 7) is 1.66. The fourth-order valence-electron chi connectivity index (χ4n) is 4.12. The van der Waals surface area contributed by atoms with Crippen molar-refractivity contribution in [2.75, 3.05) is 0 Å². The van der Waals surface area contributed by atoms with Crippen molar-refractivity contribution in [2.24, 2.45) is 14.1 Å². The summed E-state index contributed by atoms with van der Waals surface area (Å²) in [7, 11) is 3.20. The minimum absolute atomic E-state index is 0.0868. The second-order valence-corrected chi connectivity index (χ2v) is 8.14. The van der Waals surface area contributed by atoms with E-state index in [2.05, 4.69) is 4.98 Å². The number of fused-ring (bicyclic) bond motifs is 1. The summed E-state index contributed by atoms with van der Waals surface area (Å²) in [6.07, 6.45) is 0.0855. The van der Waals surface area contributed by atoms with Crippen LogP contribution >= 0.6 is 0 Å². The predicted molar refractivity (Wildman–Crippen MR) is 130 cm³/mol. The zero-order valence-electron chi connectivity index (χ0n) is 19.1. The maximum absolute atomic E-state index is 13.0. The Kier molecular flexibility index (Phi) is 5.98. The number of halogens is 3. The molecule has 0 saturated carbocycles. The van der Waals surface area contributed by atoms with Crippen molar-refractivity contribution in [2.45, 2.75) is 13.2 Å². The number of nitrogens with zero attached hydrogens (tertiary/aromatic N) is 2. The van der Waals surface area contributed by atoms with Crippen LogP contribution in [-0.2, 0) is 14.1 Å². The van der Waals surface area contributed by atoms with Crippen LogP contribution in [0.5, 0.6) is 0 Å². The molecule has 4 aromatic rings. The van der Waals surface area contributed by atoms with Gasteiger partial charge in [0.25, 0.3) is 11.1 Å². The van der Waals surface area contributed by atoms with Gasteiger partial charge in [0.05, 0.1) is 5.69 Å². The molecule has 0 spiro atoms. The van der Waals surface area contributed by atoms with Crippen molar-refractivity contribution >= 4 is 22.7 Å². The van der Waals surface area contributed by atoms with Crippen LogP contribution in [-0.4, -0.2) is 26.6 Å². The smallest absolute Gasteiger partial charge is 0.350 e. The van der Waals surface area contributed by atoms with Gasteiger partial charge in [-0.3, -0.25) is 9.59 Å². The van der Waals surface area contributed by atoms with E-state index < -0.39 is 11.9 Å². The topological polar surface area (TPSA) is 95.7 Å². The number of aryl methyl sites for hydroxylation is 3. The Morgan fingerprint density at radius 3 is 2.31 bits per heavy atom. The molecule has 0 radical (unpaired) electrons. The molecule has 0 saturated heterocycles. The zero-order valence-corrected chi connectivity index (χ0v) is 19.1. The molecule has 7 nitrogen and oxygen atoms in total. The number of H-pyrrole nitrogens is 1. The molecule has 3 aromatic heterocycles. The molecule has 10 heteroatoms. The van der Waals surface area contributed by atoms with E-state index >= 15 is 0 Å². The third-order valence-corrected chi connectivity index (χ3v) is 5.82. The van der Waals surface area contributed by atoms with Gasteiger partial charge >= 0.3 is 6.30 Å². The highest BCUT2D eigenvalue weighted by molar-refractivity contribution is 6.12. The fraction of sp³-hybridized carbons (Fsp3) is 0.160. The summed E-state index contributed by atoms with van der Waals surface area (Å²) in [5.41, 5.74) is 2.83. The molecule has 180 valence electrons. The van der Waals surface area contributed by atoms with Crippen molar-refractivity contribution in [1.29, 1.82) is 5.41 Å². The SMILES string of the molecule is Cc1c(/C(C=N)=C/NC(F)(F)F)[nH]c2c(=O)n(C)cc(-c3cc(=O)n(C)cc3-c3ccccc3)c12. The van der Waals surface area contributed by atoms with E-state index in [1.807, 2.05) is 30.3 Å². The first-order valence-corrected chi connectivity index (χ1v) is 10.6. The van der Waals surface area contributed by atoms with Gasteiger partial charge in [0.2, 0.25) is 0 Å². The van der Waals surface area contributed by atoms with Gasteiger partial charge in [-0.2, -0.15) is 13.2 Å². The minimum Gasteiger partial charge on any atom is -0.350 e. The lowest BCUT2D eigenvalue weighted by molar-refractivity contribution is -0.146. The number of nitrogens with one attached hydrogen (secondary N) is 3. The van der Waals surface area contributed by atoms with Crippen LogP contribution in [0, 0.1) is 12.3 Å². The first-order valence-electron chi connectivity index (χ1n) is 10.6. The highest BCUT2D eigenvalue weighted by Gasteiger charge is 2.26. The molecule has 0 unspecified atom stereocenters. The van der Waals surface area contributed by atoms with E-state index in [1.165, 1.54) is 20.5 Å². The molecule has 0 atom stereocenters. The first-order chi connectivity index (χ1) is 16.5. The average molecular weight is 481 g/mol.